The zero-order valence-electron chi connectivity index (χ0n) is 20.5. The van der Waals surface area contributed by atoms with Gasteiger partial charge in [0.05, 0.1) is 29.1 Å². The number of aryl methyl sites for hydroxylation is 1. The molecule has 1 aliphatic heterocycles. The average molecular weight is 476 g/mol. The van der Waals surface area contributed by atoms with Crippen LogP contribution in [0.1, 0.15) is 56.0 Å². The number of fused-ring (bicyclic) bond motifs is 5. The van der Waals surface area contributed by atoms with Crippen molar-refractivity contribution in [3.05, 3.63) is 65.4 Å². The van der Waals surface area contributed by atoms with Crippen LogP contribution in [-0.4, -0.2) is 45.2 Å². The van der Waals surface area contributed by atoms with Crippen LogP contribution in [-0.2, 0) is 14.3 Å². The lowest BCUT2D eigenvalue weighted by molar-refractivity contribution is -0.137. The van der Waals surface area contributed by atoms with Crippen molar-refractivity contribution >= 4 is 34.5 Å². The highest BCUT2D eigenvalue weighted by molar-refractivity contribution is 6.09. The number of hydrogen-bond donors (Lipinski definition) is 1. The first-order valence-electron chi connectivity index (χ1n) is 11.7. The van der Waals surface area contributed by atoms with E-state index >= 15 is 0 Å². The lowest BCUT2D eigenvalue weighted by Gasteiger charge is -2.36. The first-order valence-corrected chi connectivity index (χ1v) is 11.7. The van der Waals surface area contributed by atoms with E-state index in [9.17, 15) is 19.6 Å². The molecule has 35 heavy (non-hydrogen) atoms. The van der Waals surface area contributed by atoms with Crippen LogP contribution >= 0.6 is 0 Å². The van der Waals surface area contributed by atoms with Crippen molar-refractivity contribution in [1.29, 1.82) is 0 Å². The third-order valence-electron chi connectivity index (χ3n) is 6.94. The van der Waals surface area contributed by atoms with Crippen LogP contribution in [0.2, 0.25) is 0 Å². The Hall–Kier alpha value is -3.65. The van der Waals surface area contributed by atoms with E-state index in [1.165, 1.54) is 16.7 Å². The van der Waals surface area contributed by atoms with Gasteiger partial charge in [0.2, 0.25) is 11.8 Å². The molecule has 0 spiro atoms. The molecule has 2 aromatic carbocycles. The van der Waals surface area contributed by atoms with E-state index in [0.29, 0.717) is 22.5 Å². The van der Waals surface area contributed by atoms with Gasteiger partial charge in [-0.25, -0.2) is 14.4 Å². The van der Waals surface area contributed by atoms with E-state index in [1.807, 2.05) is 49.4 Å². The van der Waals surface area contributed by atoms with Crippen LogP contribution in [0.3, 0.4) is 0 Å². The molecule has 8 nitrogen and oxygen atoms in total. The maximum absolute atomic E-state index is 13.5. The number of likely N-dealkylation sites (tertiary alicyclic amines) is 1. The number of hydrogen-bond acceptors (Lipinski definition) is 6. The van der Waals surface area contributed by atoms with Gasteiger partial charge in [-0.05, 0) is 51.8 Å². The fraction of sp³-hybridized carbons (Fsp3) is 0.370. The Labute approximate surface area is 203 Å². The molecule has 1 aliphatic carbocycles. The Morgan fingerprint density at radius 3 is 2.40 bits per heavy atom. The minimum Gasteiger partial charge on any atom is -0.443 e. The van der Waals surface area contributed by atoms with Crippen LogP contribution in [0.25, 0.3) is 10.9 Å². The van der Waals surface area contributed by atoms with Crippen molar-refractivity contribution in [2.75, 3.05) is 12.1 Å². The maximum atomic E-state index is 13.5. The van der Waals surface area contributed by atoms with E-state index in [1.54, 1.807) is 26.8 Å². The number of likely N-dealkylation sites (N-methyl/N-ethyl adjacent to an activating group) is 1. The average Bonchev–Trinajstić information content (AvgIpc) is 3.25. The second-order valence-electron chi connectivity index (χ2n) is 10.3. The molecule has 2 amide bonds. The van der Waals surface area contributed by atoms with Gasteiger partial charge in [-0.1, -0.05) is 36.4 Å². The predicted molar refractivity (Wildman–Crippen MR) is 130 cm³/mol. The molecule has 1 aromatic heterocycles. The molecule has 3 aromatic rings. The van der Waals surface area contributed by atoms with Gasteiger partial charge in [0.15, 0.2) is 0 Å². The van der Waals surface area contributed by atoms with E-state index in [2.05, 4.69) is 0 Å². The molecule has 0 bridgehead atoms. The van der Waals surface area contributed by atoms with Crippen molar-refractivity contribution in [2.45, 2.75) is 51.7 Å². The van der Waals surface area contributed by atoms with Gasteiger partial charge in [0, 0.05) is 23.7 Å². The number of rotatable bonds is 2. The number of imide groups is 1. The molecular formula is C27H29N3O5. The highest BCUT2D eigenvalue weighted by Gasteiger charge is 2.55. The van der Waals surface area contributed by atoms with Crippen molar-refractivity contribution in [3.63, 3.8) is 0 Å². The molecule has 0 unspecified atom stereocenters. The zero-order valence-corrected chi connectivity index (χ0v) is 20.5. The number of carbonyl (C=O) groups excluding carboxylic acids is 3. The summed E-state index contributed by atoms with van der Waals surface area (Å²) < 4.78 is 7.16. The van der Waals surface area contributed by atoms with Crippen molar-refractivity contribution in [2.24, 2.45) is 5.92 Å². The highest BCUT2D eigenvalue weighted by Crippen LogP contribution is 2.52. The summed E-state index contributed by atoms with van der Waals surface area (Å²) in [6, 6.07) is 14.1. The quantitative estimate of drug-likeness (QED) is 0.424. The monoisotopic (exact) mass is 475 g/mol. The van der Waals surface area contributed by atoms with Crippen LogP contribution in [0.15, 0.2) is 48.5 Å². The number of amides is 2. The second-order valence-corrected chi connectivity index (χ2v) is 10.3. The van der Waals surface area contributed by atoms with Crippen molar-refractivity contribution < 1.29 is 24.3 Å². The third-order valence-corrected chi connectivity index (χ3v) is 6.94. The third kappa shape index (κ3) is 3.51. The Balaban J connectivity index is 1.80. The Morgan fingerprint density at radius 1 is 1.06 bits per heavy atom. The number of ether oxygens (including phenoxy) is 1. The maximum Gasteiger partial charge on any atom is 0.419 e. The first-order chi connectivity index (χ1) is 16.5. The summed E-state index contributed by atoms with van der Waals surface area (Å²) in [6.07, 6.45) is -0.385. The number of para-hydroxylation sites is 2. The largest absolute Gasteiger partial charge is 0.443 e. The lowest BCUT2D eigenvalue weighted by Crippen LogP contribution is -2.37. The lowest BCUT2D eigenvalue weighted by atomic mass is 9.76. The van der Waals surface area contributed by atoms with Gasteiger partial charge in [-0.2, -0.15) is 0 Å². The molecule has 182 valence electrons. The minimum atomic E-state index is -0.830. The standard InChI is InChI=1S/C27H29N3O5/c1-15-10-6-8-12-18(15)30(34)20-14-17-22(25(32)28(5)24(17)31)23-21(20)16-11-7-9-13-19(16)29(23)26(33)35-27(2,3)4/h6-13,17,20,22,34H,14H2,1-5H3/t17-,20-,22-/m0/s1. The predicted octanol–water partition coefficient (Wildman–Crippen LogP) is 4.77. The van der Waals surface area contributed by atoms with Gasteiger partial charge < -0.3 is 4.74 Å². The molecule has 1 fully saturated rings. The van der Waals surface area contributed by atoms with Gasteiger partial charge in [-0.15, -0.1) is 0 Å². The molecule has 3 atom stereocenters. The van der Waals surface area contributed by atoms with E-state index < -0.39 is 29.6 Å². The topological polar surface area (TPSA) is 92.1 Å². The van der Waals surface area contributed by atoms with E-state index in [0.717, 1.165) is 15.8 Å². The summed E-state index contributed by atoms with van der Waals surface area (Å²) in [7, 11) is 1.47. The molecule has 1 N–H and O–H groups in total. The Bertz CT molecular complexity index is 1370. The smallest absolute Gasteiger partial charge is 0.419 e. The number of hydroxylamine groups is 1. The molecule has 2 aliphatic rings. The Morgan fingerprint density at radius 2 is 1.71 bits per heavy atom. The first kappa shape index (κ1) is 23.1. The minimum absolute atomic E-state index is 0.236. The molecule has 0 radical (unpaired) electrons. The van der Waals surface area contributed by atoms with E-state index in [4.69, 9.17) is 4.74 Å². The number of nitrogens with zero attached hydrogens (tertiary/aromatic N) is 3. The van der Waals surface area contributed by atoms with Gasteiger partial charge in [0.1, 0.15) is 5.60 Å². The fourth-order valence-corrected chi connectivity index (χ4v) is 5.44. The summed E-state index contributed by atoms with van der Waals surface area (Å²) in [5.74, 6) is -2.19. The zero-order chi connectivity index (χ0) is 25.2. The normalized spacial score (nSPS) is 21.8. The van der Waals surface area contributed by atoms with Gasteiger partial charge in [-0.3, -0.25) is 19.7 Å². The van der Waals surface area contributed by atoms with Crippen molar-refractivity contribution in [3.8, 4) is 0 Å². The molecule has 1 saturated heterocycles. The van der Waals surface area contributed by atoms with E-state index in [-0.39, 0.29) is 18.2 Å². The Kier molecular flexibility index (Phi) is 5.25. The highest BCUT2D eigenvalue weighted by atomic mass is 16.6. The summed E-state index contributed by atoms with van der Waals surface area (Å²) in [4.78, 5) is 41.1. The molecule has 5 rings (SSSR count). The van der Waals surface area contributed by atoms with Crippen LogP contribution in [0, 0.1) is 12.8 Å². The molecule has 2 heterocycles. The molecule has 0 saturated carbocycles. The molecule has 8 heteroatoms. The summed E-state index contributed by atoms with van der Waals surface area (Å²) in [6.45, 7) is 7.23. The number of aromatic nitrogens is 1. The summed E-state index contributed by atoms with van der Waals surface area (Å²) in [5, 5.41) is 13.4. The van der Waals surface area contributed by atoms with Gasteiger partial charge >= 0.3 is 6.09 Å². The number of benzene rings is 2. The van der Waals surface area contributed by atoms with Gasteiger partial charge in [0.25, 0.3) is 0 Å². The summed E-state index contributed by atoms with van der Waals surface area (Å²) in [5.41, 5.74) is 2.35. The number of carbonyl (C=O) groups is 3. The van der Waals surface area contributed by atoms with Crippen LogP contribution < -0.4 is 5.06 Å². The second kappa shape index (κ2) is 7.95. The van der Waals surface area contributed by atoms with Crippen LogP contribution in [0.5, 0.6) is 0 Å². The summed E-state index contributed by atoms with van der Waals surface area (Å²) >= 11 is 0. The number of anilines is 1. The van der Waals surface area contributed by atoms with Crippen molar-refractivity contribution in [1.82, 2.24) is 9.47 Å². The van der Waals surface area contributed by atoms with Crippen LogP contribution in [0.4, 0.5) is 10.5 Å². The molecular weight excluding hydrogens is 446 g/mol. The fourth-order valence-electron chi connectivity index (χ4n) is 5.44. The SMILES string of the molecule is Cc1ccccc1N(O)[C@H]1C[C@@H]2C(=O)N(C)C(=O)[C@@H]2c2c1c1ccccc1n2C(=O)OC(C)(C)C.